The van der Waals surface area contributed by atoms with Gasteiger partial charge in [0.2, 0.25) is 15.9 Å². The zero-order valence-corrected chi connectivity index (χ0v) is 24.8. The number of rotatable bonds is 9. The highest BCUT2D eigenvalue weighted by atomic mass is 32.2. The van der Waals surface area contributed by atoms with E-state index < -0.39 is 33.8 Å². The Morgan fingerprint density at radius 2 is 1.88 bits per heavy atom. The summed E-state index contributed by atoms with van der Waals surface area (Å²) >= 11 is 0. The molecule has 42 heavy (non-hydrogen) atoms. The van der Waals surface area contributed by atoms with E-state index >= 15 is 0 Å². The molecule has 3 N–H and O–H groups in total. The fourth-order valence-electron chi connectivity index (χ4n) is 5.45. The Labute approximate surface area is 243 Å². The summed E-state index contributed by atoms with van der Waals surface area (Å²) in [5.74, 6) is -0.517. The van der Waals surface area contributed by atoms with Crippen LogP contribution in [-0.4, -0.2) is 88.2 Å². The lowest BCUT2D eigenvalue weighted by molar-refractivity contribution is -0.138. The number of carbonyl (C=O) groups is 1. The predicted molar refractivity (Wildman–Crippen MR) is 151 cm³/mol. The van der Waals surface area contributed by atoms with Crippen LogP contribution in [0.25, 0.3) is 11.3 Å². The topological polar surface area (TPSA) is 128 Å². The Bertz CT molecular complexity index is 1430. The number of amides is 1. The van der Waals surface area contributed by atoms with Crippen LogP contribution in [0.2, 0.25) is 0 Å². The molecular weight excluding hydrogens is 575 g/mol. The van der Waals surface area contributed by atoms with E-state index in [2.05, 4.69) is 15.3 Å². The van der Waals surface area contributed by atoms with Crippen LogP contribution in [0.1, 0.15) is 49.1 Å². The maximum atomic E-state index is 13.9. The van der Waals surface area contributed by atoms with Gasteiger partial charge < -0.3 is 20.4 Å². The molecule has 2 aliphatic rings. The highest BCUT2D eigenvalue weighted by Crippen LogP contribution is 2.37. The minimum absolute atomic E-state index is 0.00271. The SMILES string of the molecule is CC(C)=CC(=O)NCc1cc(-c2nn(CC(O)CN3CCC(O)CC3)c3c2CN(S(C)(=O)=O)CC3)ccc1C(F)(F)F. The first kappa shape index (κ1) is 32.1. The van der Waals surface area contributed by atoms with Gasteiger partial charge in [-0.2, -0.15) is 22.6 Å². The number of sulfonamides is 1. The normalized spacial score (nSPS) is 18.0. The molecule has 0 saturated carbocycles. The van der Waals surface area contributed by atoms with Gasteiger partial charge in [-0.05, 0) is 44.4 Å². The number of hydrogen-bond acceptors (Lipinski definition) is 7. The van der Waals surface area contributed by atoms with Crippen molar-refractivity contribution in [1.29, 1.82) is 0 Å². The van der Waals surface area contributed by atoms with Crippen LogP contribution in [0, 0.1) is 0 Å². The number of piperidine rings is 1. The lowest BCUT2D eigenvalue weighted by Crippen LogP contribution is -2.41. The van der Waals surface area contributed by atoms with Crippen LogP contribution in [-0.2, 0) is 47.0 Å². The Hall–Kier alpha value is -2.78. The van der Waals surface area contributed by atoms with Crippen molar-refractivity contribution >= 4 is 15.9 Å². The monoisotopic (exact) mass is 613 g/mol. The number of halogens is 3. The summed E-state index contributed by atoms with van der Waals surface area (Å²) in [6, 6.07) is 3.57. The molecule has 0 bridgehead atoms. The number of aromatic nitrogens is 2. The van der Waals surface area contributed by atoms with Gasteiger partial charge in [-0.1, -0.05) is 11.6 Å². The smallest absolute Gasteiger partial charge is 0.393 e. The molecule has 2 aliphatic heterocycles. The molecule has 0 radical (unpaired) electrons. The molecule has 14 heteroatoms. The van der Waals surface area contributed by atoms with E-state index in [9.17, 15) is 36.6 Å². The summed E-state index contributed by atoms with van der Waals surface area (Å²) in [5, 5.41) is 27.8. The van der Waals surface area contributed by atoms with Crippen LogP contribution in [0.15, 0.2) is 29.8 Å². The first-order valence-corrected chi connectivity index (χ1v) is 15.7. The van der Waals surface area contributed by atoms with Crippen molar-refractivity contribution in [3.05, 3.63) is 52.2 Å². The van der Waals surface area contributed by atoms with E-state index in [0.29, 0.717) is 61.3 Å². The number of carbonyl (C=O) groups excluding carboxylic acids is 1. The lowest BCUT2D eigenvalue weighted by atomic mass is 9.97. The van der Waals surface area contributed by atoms with Crippen molar-refractivity contribution in [2.45, 2.75) is 71.1 Å². The molecule has 2 aromatic rings. The van der Waals surface area contributed by atoms with Crippen molar-refractivity contribution < 1.29 is 36.6 Å². The maximum absolute atomic E-state index is 13.9. The van der Waals surface area contributed by atoms with Crippen molar-refractivity contribution in [3.8, 4) is 11.3 Å². The molecule has 1 saturated heterocycles. The quantitative estimate of drug-likeness (QED) is 0.371. The summed E-state index contributed by atoms with van der Waals surface area (Å²) in [6.07, 6.45) is -1.83. The number of aliphatic hydroxyl groups excluding tert-OH is 2. The Kier molecular flexibility index (Phi) is 9.82. The Morgan fingerprint density at radius 3 is 2.50 bits per heavy atom. The van der Waals surface area contributed by atoms with E-state index in [0.717, 1.165) is 18.0 Å². The third kappa shape index (κ3) is 7.98. The van der Waals surface area contributed by atoms with Crippen molar-refractivity contribution in [3.63, 3.8) is 0 Å². The van der Waals surface area contributed by atoms with Gasteiger partial charge >= 0.3 is 6.18 Å². The average Bonchev–Trinajstić information content (AvgIpc) is 3.24. The van der Waals surface area contributed by atoms with E-state index in [1.807, 2.05) is 0 Å². The van der Waals surface area contributed by atoms with Gasteiger partial charge in [-0.3, -0.25) is 9.48 Å². The second-order valence-corrected chi connectivity index (χ2v) is 13.3. The summed E-state index contributed by atoms with van der Waals surface area (Å²) < 4.78 is 69.3. The number of likely N-dealkylation sites (tertiary alicyclic amines) is 1. The van der Waals surface area contributed by atoms with Crippen LogP contribution in [0.3, 0.4) is 0 Å². The van der Waals surface area contributed by atoms with Crippen LogP contribution in [0.5, 0.6) is 0 Å². The molecule has 1 unspecified atom stereocenters. The van der Waals surface area contributed by atoms with Gasteiger partial charge in [0.1, 0.15) is 0 Å². The lowest BCUT2D eigenvalue weighted by Gasteiger charge is -2.31. The molecule has 0 aliphatic carbocycles. The summed E-state index contributed by atoms with van der Waals surface area (Å²) in [5.41, 5.74) is 1.62. The van der Waals surface area contributed by atoms with Crippen molar-refractivity contribution in [2.24, 2.45) is 0 Å². The largest absolute Gasteiger partial charge is 0.416 e. The molecule has 1 aromatic carbocycles. The van der Waals surface area contributed by atoms with E-state index in [-0.39, 0.29) is 37.8 Å². The van der Waals surface area contributed by atoms with Gasteiger partial charge in [-0.25, -0.2) is 8.42 Å². The highest BCUT2D eigenvalue weighted by Gasteiger charge is 2.35. The fourth-order valence-corrected chi connectivity index (χ4v) is 6.24. The Balaban J connectivity index is 1.69. The number of aliphatic hydroxyl groups is 2. The van der Waals surface area contributed by atoms with Gasteiger partial charge in [0.25, 0.3) is 0 Å². The molecule has 232 valence electrons. The molecule has 1 atom stereocenters. The number of fused-ring (bicyclic) bond motifs is 1. The number of nitrogens with one attached hydrogen (secondary N) is 1. The summed E-state index contributed by atoms with van der Waals surface area (Å²) in [6.45, 7) is 5.04. The minimum atomic E-state index is -4.66. The maximum Gasteiger partial charge on any atom is 0.416 e. The first-order valence-electron chi connectivity index (χ1n) is 13.9. The molecule has 10 nitrogen and oxygen atoms in total. The molecule has 1 aromatic heterocycles. The number of alkyl halides is 3. The number of hydrogen-bond donors (Lipinski definition) is 3. The molecule has 3 heterocycles. The molecule has 1 fully saturated rings. The van der Waals surface area contributed by atoms with E-state index in [4.69, 9.17) is 0 Å². The molecule has 0 spiro atoms. The molecular formula is C28H38F3N5O5S. The zero-order chi connectivity index (χ0) is 30.8. The van der Waals surface area contributed by atoms with Gasteiger partial charge in [0.15, 0.2) is 0 Å². The van der Waals surface area contributed by atoms with Gasteiger partial charge in [-0.15, -0.1) is 0 Å². The van der Waals surface area contributed by atoms with Gasteiger partial charge in [0.05, 0.1) is 36.3 Å². The summed E-state index contributed by atoms with van der Waals surface area (Å²) in [7, 11) is -3.55. The zero-order valence-electron chi connectivity index (χ0n) is 24.0. The third-order valence-electron chi connectivity index (χ3n) is 7.53. The second kappa shape index (κ2) is 12.8. The fraction of sp³-hybridized carbons (Fsp3) is 0.571. The standard InChI is InChI=1S/C28H38F3N5O5S/c1-18(2)12-26(39)32-14-20-13-19(4-5-24(20)28(29,30)31)27-23-17-35(42(3,40)41)11-8-25(23)36(33-27)16-22(38)15-34-9-6-21(37)7-10-34/h4-5,12-13,21-22,37-38H,6-11,14-17H2,1-3H3,(H,32,39). The van der Waals surface area contributed by atoms with Gasteiger partial charge in [0, 0.05) is 68.6 Å². The van der Waals surface area contributed by atoms with E-state index in [1.54, 1.807) is 18.5 Å². The minimum Gasteiger partial charge on any atom is -0.393 e. The number of allylic oxidation sites excluding steroid dienone is 1. The van der Waals surface area contributed by atoms with Crippen LogP contribution >= 0.6 is 0 Å². The van der Waals surface area contributed by atoms with Crippen LogP contribution in [0.4, 0.5) is 13.2 Å². The number of nitrogens with zero attached hydrogens (tertiary/aromatic N) is 4. The molecule has 4 rings (SSSR count). The van der Waals surface area contributed by atoms with Crippen molar-refractivity contribution in [1.82, 2.24) is 24.3 Å². The Morgan fingerprint density at radius 1 is 1.19 bits per heavy atom. The van der Waals surface area contributed by atoms with Crippen LogP contribution < -0.4 is 5.32 Å². The number of β-amino-alcohol motifs (C(OH)–C–C–N with tert-alkyl or cyclic N) is 1. The van der Waals surface area contributed by atoms with Crippen molar-refractivity contribution in [2.75, 3.05) is 32.4 Å². The predicted octanol–water partition coefficient (Wildman–Crippen LogP) is 2.29. The highest BCUT2D eigenvalue weighted by molar-refractivity contribution is 7.88. The van der Waals surface area contributed by atoms with E-state index in [1.165, 1.54) is 22.5 Å². The average molecular weight is 614 g/mol. The second-order valence-electron chi connectivity index (χ2n) is 11.3. The molecule has 1 amide bonds. The third-order valence-corrected chi connectivity index (χ3v) is 8.78. The number of benzene rings is 1. The summed E-state index contributed by atoms with van der Waals surface area (Å²) in [4.78, 5) is 14.2. The first-order chi connectivity index (χ1) is 19.6.